The van der Waals surface area contributed by atoms with Crippen molar-refractivity contribution in [2.75, 3.05) is 6.26 Å². The third-order valence-electron chi connectivity index (χ3n) is 1.19. The Hall–Kier alpha value is -0.440. The summed E-state index contributed by atoms with van der Waals surface area (Å²) in [6.45, 7) is 2.02. The molecule has 50 valence electrons. The molecule has 0 amide bonds. The normalized spacial score (nSPS) is 10.1. The SMILES string of the molecule is CSc1cn(C)nc1C. The predicted molar refractivity (Wildman–Crippen MR) is 39.7 cm³/mol. The molecule has 0 aliphatic rings. The van der Waals surface area contributed by atoms with Crippen LogP contribution in [0.5, 0.6) is 0 Å². The summed E-state index contributed by atoms with van der Waals surface area (Å²) in [6, 6.07) is 0. The van der Waals surface area contributed by atoms with Crippen LogP contribution in [0.4, 0.5) is 0 Å². The Kier molecular flexibility index (Phi) is 1.81. The van der Waals surface area contributed by atoms with E-state index in [1.54, 1.807) is 11.8 Å². The third-order valence-corrected chi connectivity index (χ3v) is 2.03. The Morgan fingerprint density at radius 3 is 2.56 bits per heavy atom. The molecule has 0 N–H and O–H groups in total. The number of aromatic nitrogens is 2. The summed E-state index contributed by atoms with van der Waals surface area (Å²) in [6.07, 6.45) is 4.09. The van der Waals surface area contributed by atoms with Gasteiger partial charge in [-0.2, -0.15) is 5.10 Å². The van der Waals surface area contributed by atoms with Crippen LogP contribution in [-0.2, 0) is 7.05 Å². The monoisotopic (exact) mass is 142 g/mol. The molecule has 0 spiro atoms. The molecule has 1 aromatic rings. The fourth-order valence-corrected chi connectivity index (χ4v) is 1.37. The molecule has 0 aromatic carbocycles. The van der Waals surface area contributed by atoms with Crippen LogP contribution in [-0.4, -0.2) is 16.0 Å². The van der Waals surface area contributed by atoms with Crippen molar-refractivity contribution in [1.82, 2.24) is 9.78 Å². The van der Waals surface area contributed by atoms with Crippen LogP contribution < -0.4 is 0 Å². The molecule has 1 heterocycles. The molecule has 3 heteroatoms. The Morgan fingerprint density at radius 1 is 1.67 bits per heavy atom. The summed E-state index contributed by atoms with van der Waals surface area (Å²) in [5.74, 6) is 0. The average molecular weight is 142 g/mol. The molecule has 2 nitrogen and oxygen atoms in total. The first-order valence-electron chi connectivity index (χ1n) is 2.78. The van der Waals surface area contributed by atoms with E-state index in [-0.39, 0.29) is 0 Å². The quantitative estimate of drug-likeness (QED) is 0.552. The van der Waals surface area contributed by atoms with Crippen molar-refractivity contribution in [2.45, 2.75) is 11.8 Å². The molecule has 1 aromatic heterocycles. The van der Waals surface area contributed by atoms with E-state index in [2.05, 4.69) is 11.4 Å². The van der Waals surface area contributed by atoms with Crippen LogP contribution in [0, 0.1) is 6.92 Å². The van der Waals surface area contributed by atoms with E-state index in [4.69, 9.17) is 0 Å². The maximum absolute atomic E-state index is 4.18. The zero-order valence-corrected chi connectivity index (χ0v) is 6.70. The molecule has 0 saturated carbocycles. The minimum absolute atomic E-state index is 1.12. The van der Waals surface area contributed by atoms with Gasteiger partial charge in [0, 0.05) is 18.1 Å². The first-order chi connectivity index (χ1) is 4.24. The van der Waals surface area contributed by atoms with Gasteiger partial charge in [-0.1, -0.05) is 0 Å². The van der Waals surface area contributed by atoms with Crippen LogP contribution in [0.1, 0.15) is 5.69 Å². The smallest absolute Gasteiger partial charge is 0.0729 e. The molecule has 0 radical (unpaired) electrons. The molecule has 0 saturated heterocycles. The highest BCUT2D eigenvalue weighted by molar-refractivity contribution is 7.98. The first-order valence-corrected chi connectivity index (χ1v) is 4.00. The van der Waals surface area contributed by atoms with Gasteiger partial charge in [0.2, 0.25) is 0 Å². The molecule has 0 aliphatic carbocycles. The van der Waals surface area contributed by atoms with Gasteiger partial charge in [-0.15, -0.1) is 11.8 Å². The summed E-state index contributed by atoms with van der Waals surface area (Å²) >= 11 is 1.73. The van der Waals surface area contributed by atoms with Gasteiger partial charge in [0.15, 0.2) is 0 Å². The second kappa shape index (κ2) is 2.43. The van der Waals surface area contributed by atoms with Gasteiger partial charge >= 0.3 is 0 Å². The van der Waals surface area contributed by atoms with Gasteiger partial charge in [-0.05, 0) is 13.2 Å². The van der Waals surface area contributed by atoms with Gasteiger partial charge in [0.1, 0.15) is 0 Å². The standard InChI is InChI=1S/C6H10N2S/c1-5-6(9-3)4-8(2)7-5/h4H,1-3H3. The molecule has 0 fully saturated rings. The van der Waals surface area contributed by atoms with Gasteiger partial charge in [-0.3, -0.25) is 4.68 Å². The summed E-state index contributed by atoms with van der Waals surface area (Å²) < 4.78 is 1.83. The Balaban J connectivity index is 3.01. The highest BCUT2D eigenvalue weighted by Gasteiger charge is 1.98. The fraction of sp³-hybridized carbons (Fsp3) is 0.500. The maximum Gasteiger partial charge on any atom is 0.0729 e. The highest BCUT2D eigenvalue weighted by Crippen LogP contribution is 2.16. The van der Waals surface area contributed by atoms with Gasteiger partial charge in [-0.25, -0.2) is 0 Å². The van der Waals surface area contributed by atoms with Crippen LogP contribution >= 0.6 is 11.8 Å². The number of hydrogen-bond acceptors (Lipinski definition) is 2. The lowest BCUT2D eigenvalue weighted by Crippen LogP contribution is -1.86. The van der Waals surface area contributed by atoms with Crippen LogP contribution in [0.25, 0.3) is 0 Å². The molecule has 9 heavy (non-hydrogen) atoms. The summed E-state index contributed by atoms with van der Waals surface area (Å²) in [7, 11) is 1.94. The molecular formula is C6H10N2S. The van der Waals surface area contributed by atoms with Crippen molar-refractivity contribution in [1.29, 1.82) is 0 Å². The van der Waals surface area contributed by atoms with E-state index >= 15 is 0 Å². The zero-order valence-electron chi connectivity index (χ0n) is 5.88. The Bertz CT molecular complexity index is 205. The molecule has 0 aliphatic heterocycles. The minimum Gasteiger partial charge on any atom is -0.274 e. The second-order valence-corrected chi connectivity index (χ2v) is 2.80. The van der Waals surface area contributed by atoms with Crippen molar-refractivity contribution in [3.8, 4) is 0 Å². The molecular weight excluding hydrogens is 132 g/mol. The van der Waals surface area contributed by atoms with Crippen LogP contribution in [0.2, 0.25) is 0 Å². The Labute approximate surface area is 59.3 Å². The first kappa shape index (κ1) is 6.68. The molecule has 0 unspecified atom stereocenters. The van der Waals surface area contributed by atoms with Crippen molar-refractivity contribution in [3.63, 3.8) is 0 Å². The van der Waals surface area contributed by atoms with Crippen LogP contribution in [0.3, 0.4) is 0 Å². The molecule has 1 rings (SSSR count). The number of rotatable bonds is 1. The number of nitrogens with zero attached hydrogens (tertiary/aromatic N) is 2. The lowest BCUT2D eigenvalue weighted by atomic mass is 10.5. The van der Waals surface area contributed by atoms with E-state index in [1.165, 1.54) is 4.90 Å². The van der Waals surface area contributed by atoms with E-state index in [9.17, 15) is 0 Å². The maximum atomic E-state index is 4.18. The van der Waals surface area contributed by atoms with Gasteiger partial charge < -0.3 is 0 Å². The van der Waals surface area contributed by atoms with Crippen molar-refractivity contribution >= 4 is 11.8 Å². The van der Waals surface area contributed by atoms with Gasteiger partial charge in [0.05, 0.1) is 5.69 Å². The lowest BCUT2D eigenvalue weighted by Gasteiger charge is -1.85. The fourth-order valence-electron chi connectivity index (χ4n) is 0.778. The predicted octanol–water partition coefficient (Wildman–Crippen LogP) is 1.45. The van der Waals surface area contributed by atoms with Crippen molar-refractivity contribution in [2.24, 2.45) is 7.05 Å². The molecule has 0 atom stereocenters. The summed E-state index contributed by atoms with van der Waals surface area (Å²) in [5.41, 5.74) is 1.12. The lowest BCUT2D eigenvalue weighted by molar-refractivity contribution is 0.756. The second-order valence-electron chi connectivity index (χ2n) is 1.96. The number of thioether (sulfide) groups is 1. The van der Waals surface area contributed by atoms with Gasteiger partial charge in [0.25, 0.3) is 0 Å². The number of aryl methyl sites for hydroxylation is 2. The van der Waals surface area contributed by atoms with E-state index < -0.39 is 0 Å². The van der Waals surface area contributed by atoms with E-state index in [0.717, 1.165) is 5.69 Å². The topological polar surface area (TPSA) is 17.8 Å². The summed E-state index contributed by atoms with van der Waals surface area (Å²) in [4.78, 5) is 1.26. The largest absolute Gasteiger partial charge is 0.274 e. The van der Waals surface area contributed by atoms with E-state index in [1.807, 2.05) is 24.9 Å². The minimum atomic E-state index is 1.12. The van der Waals surface area contributed by atoms with Crippen molar-refractivity contribution in [3.05, 3.63) is 11.9 Å². The summed E-state index contributed by atoms with van der Waals surface area (Å²) in [5, 5.41) is 4.18. The highest BCUT2D eigenvalue weighted by atomic mass is 32.2. The number of hydrogen-bond donors (Lipinski definition) is 0. The Morgan fingerprint density at radius 2 is 2.33 bits per heavy atom. The third kappa shape index (κ3) is 1.27. The van der Waals surface area contributed by atoms with E-state index in [0.29, 0.717) is 0 Å². The van der Waals surface area contributed by atoms with Crippen LogP contribution in [0.15, 0.2) is 11.1 Å². The molecule has 0 bridgehead atoms. The zero-order chi connectivity index (χ0) is 6.85. The van der Waals surface area contributed by atoms with Crippen molar-refractivity contribution < 1.29 is 0 Å². The average Bonchev–Trinajstić information content (AvgIpc) is 2.10.